The van der Waals surface area contributed by atoms with Crippen LogP contribution in [0.4, 0.5) is 11.4 Å². The third kappa shape index (κ3) is 7.08. The number of piperazine rings is 1. The largest absolute Gasteiger partial charge is 0.494 e. The standard InChI is InChI=1S/C27H34Cl2N4O4/c1-19(30)27(35)37-18-33-24-17-21(9-7-20(24)8-10-25(33)34)36-16-3-2-11-31-12-14-32(15-13-31)23-6-4-5-22(28)26(23)29/h4-7,9,17,19H,2-3,8,10-16,18,30H2,1H3. The predicted molar refractivity (Wildman–Crippen MR) is 147 cm³/mol. The number of carbonyl (C=O) groups excluding carboxylic acids is 2. The van der Waals surface area contributed by atoms with Crippen LogP contribution >= 0.6 is 23.2 Å². The van der Waals surface area contributed by atoms with Crippen molar-refractivity contribution in [3.63, 3.8) is 0 Å². The molecular formula is C27H34Cl2N4O4. The van der Waals surface area contributed by atoms with Crippen LogP contribution in [0.3, 0.4) is 0 Å². The molecule has 4 rings (SSSR count). The molecule has 200 valence electrons. The highest BCUT2D eigenvalue weighted by atomic mass is 35.5. The number of hydrogen-bond donors (Lipinski definition) is 1. The van der Waals surface area contributed by atoms with Gasteiger partial charge in [0.15, 0.2) is 6.73 Å². The molecule has 1 fully saturated rings. The normalized spacial score (nSPS) is 16.9. The highest BCUT2D eigenvalue weighted by Crippen LogP contribution is 2.33. The van der Waals surface area contributed by atoms with Gasteiger partial charge < -0.3 is 20.1 Å². The fourth-order valence-electron chi connectivity index (χ4n) is 4.58. The average molecular weight is 549 g/mol. The number of nitrogens with zero attached hydrogens (tertiary/aromatic N) is 3. The number of benzene rings is 2. The van der Waals surface area contributed by atoms with Crippen molar-refractivity contribution in [3.05, 3.63) is 52.0 Å². The zero-order valence-electron chi connectivity index (χ0n) is 21.1. The summed E-state index contributed by atoms with van der Waals surface area (Å²) in [6, 6.07) is 10.8. The Hall–Kier alpha value is -2.52. The van der Waals surface area contributed by atoms with E-state index in [4.69, 9.17) is 38.4 Å². The molecule has 1 amide bonds. The van der Waals surface area contributed by atoms with Crippen LogP contribution in [0, 0.1) is 0 Å². The lowest BCUT2D eigenvalue weighted by molar-refractivity contribution is -0.145. The molecule has 0 spiro atoms. The maximum atomic E-state index is 12.5. The second-order valence-corrected chi connectivity index (χ2v) is 10.2. The number of hydrogen-bond acceptors (Lipinski definition) is 7. The number of fused-ring (bicyclic) bond motifs is 1. The number of carbonyl (C=O) groups is 2. The van der Waals surface area contributed by atoms with Crippen molar-refractivity contribution >= 4 is 46.5 Å². The highest BCUT2D eigenvalue weighted by Gasteiger charge is 2.26. The number of halogens is 2. The van der Waals surface area contributed by atoms with Gasteiger partial charge in [0, 0.05) is 38.7 Å². The molecule has 1 saturated heterocycles. The number of ether oxygens (including phenoxy) is 2. The monoisotopic (exact) mass is 548 g/mol. The Bertz CT molecular complexity index is 1110. The minimum absolute atomic E-state index is 0.0835. The first-order valence-electron chi connectivity index (χ1n) is 12.7. The number of amides is 1. The van der Waals surface area contributed by atoms with E-state index in [1.807, 2.05) is 36.4 Å². The molecule has 0 radical (unpaired) electrons. The zero-order chi connectivity index (χ0) is 26.4. The smallest absolute Gasteiger partial charge is 0.324 e. The molecule has 2 aromatic carbocycles. The van der Waals surface area contributed by atoms with E-state index in [2.05, 4.69) is 9.80 Å². The summed E-state index contributed by atoms with van der Waals surface area (Å²) < 4.78 is 11.2. The molecule has 37 heavy (non-hydrogen) atoms. The number of unbranched alkanes of at least 4 members (excludes halogenated alkanes) is 1. The maximum absolute atomic E-state index is 12.5. The van der Waals surface area contributed by atoms with Crippen LogP contribution in [0.25, 0.3) is 0 Å². The fourth-order valence-corrected chi connectivity index (χ4v) is 5.00. The van der Waals surface area contributed by atoms with Gasteiger partial charge in [-0.25, -0.2) is 0 Å². The minimum atomic E-state index is -0.737. The zero-order valence-corrected chi connectivity index (χ0v) is 22.6. The van der Waals surface area contributed by atoms with E-state index in [-0.39, 0.29) is 12.6 Å². The van der Waals surface area contributed by atoms with Crippen molar-refractivity contribution < 1.29 is 19.1 Å². The molecule has 1 unspecified atom stereocenters. The lowest BCUT2D eigenvalue weighted by Crippen LogP contribution is -2.46. The predicted octanol–water partition coefficient (Wildman–Crippen LogP) is 4.10. The summed E-state index contributed by atoms with van der Waals surface area (Å²) in [5.41, 5.74) is 8.32. The van der Waals surface area contributed by atoms with Gasteiger partial charge in [0.05, 0.1) is 28.0 Å². The van der Waals surface area contributed by atoms with Gasteiger partial charge in [-0.05, 0) is 56.5 Å². The van der Waals surface area contributed by atoms with Gasteiger partial charge in [-0.15, -0.1) is 0 Å². The van der Waals surface area contributed by atoms with Gasteiger partial charge in [-0.2, -0.15) is 0 Å². The summed E-state index contributed by atoms with van der Waals surface area (Å²) in [6.07, 6.45) is 2.99. The van der Waals surface area contributed by atoms with Gasteiger partial charge in [-0.3, -0.25) is 19.4 Å². The van der Waals surface area contributed by atoms with Crippen molar-refractivity contribution in [1.82, 2.24) is 4.90 Å². The maximum Gasteiger partial charge on any atom is 0.324 e. The molecular weight excluding hydrogens is 515 g/mol. The number of aryl methyl sites for hydroxylation is 1. The SMILES string of the molecule is CC(N)C(=O)OCN1C(=O)CCc2ccc(OCCCCN3CCN(c4cccc(Cl)c4Cl)CC3)cc21. The quantitative estimate of drug-likeness (QED) is 0.353. The number of esters is 1. The summed E-state index contributed by atoms with van der Waals surface area (Å²) >= 11 is 12.5. The van der Waals surface area contributed by atoms with Gasteiger partial charge in [0.25, 0.3) is 0 Å². The Morgan fingerprint density at radius 3 is 2.59 bits per heavy atom. The van der Waals surface area contributed by atoms with E-state index >= 15 is 0 Å². The molecule has 2 N–H and O–H groups in total. The van der Waals surface area contributed by atoms with Crippen LogP contribution in [-0.2, 0) is 20.7 Å². The van der Waals surface area contributed by atoms with Crippen LogP contribution in [-0.4, -0.2) is 68.9 Å². The molecule has 8 nitrogen and oxygen atoms in total. The minimum Gasteiger partial charge on any atom is -0.494 e. The summed E-state index contributed by atoms with van der Waals surface area (Å²) in [4.78, 5) is 30.5. The van der Waals surface area contributed by atoms with Crippen LogP contribution in [0.5, 0.6) is 5.75 Å². The van der Waals surface area contributed by atoms with E-state index in [0.717, 1.165) is 62.5 Å². The van der Waals surface area contributed by atoms with Crippen molar-refractivity contribution in [1.29, 1.82) is 0 Å². The lowest BCUT2D eigenvalue weighted by atomic mass is 10.0. The first-order valence-corrected chi connectivity index (χ1v) is 13.5. The van der Waals surface area contributed by atoms with E-state index in [9.17, 15) is 9.59 Å². The molecule has 10 heteroatoms. The molecule has 2 aromatic rings. The van der Waals surface area contributed by atoms with Gasteiger partial charge in [-0.1, -0.05) is 35.3 Å². The average Bonchev–Trinajstić information content (AvgIpc) is 2.89. The van der Waals surface area contributed by atoms with Crippen LogP contribution in [0.15, 0.2) is 36.4 Å². The molecule has 0 saturated carbocycles. The van der Waals surface area contributed by atoms with Crippen LogP contribution < -0.4 is 20.3 Å². The van der Waals surface area contributed by atoms with Crippen LogP contribution in [0.1, 0.15) is 31.7 Å². The molecule has 0 bridgehead atoms. The molecule has 0 aromatic heterocycles. The number of anilines is 2. The third-order valence-electron chi connectivity index (χ3n) is 6.75. The molecule has 2 aliphatic rings. The van der Waals surface area contributed by atoms with Crippen LogP contribution in [0.2, 0.25) is 10.0 Å². The fraction of sp³-hybridized carbons (Fsp3) is 0.481. The third-order valence-corrected chi connectivity index (χ3v) is 7.56. The second-order valence-electron chi connectivity index (χ2n) is 9.45. The first-order chi connectivity index (χ1) is 17.8. The van der Waals surface area contributed by atoms with Gasteiger partial charge in [0.1, 0.15) is 11.8 Å². The number of nitrogens with two attached hydrogens (primary N) is 1. The van der Waals surface area contributed by atoms with Gasteiger partial charge >= 0.3 is 5.97 Å². The van der Waals surface area contributed by atoms with Crippen molar-refractivity contribution in [2.24, 2.45) is 5.73 Å². The highest BCUT2D eigenvalue weighted by molar-refractivity contribution is 6.43. The van der Waals surface area contributed by atoms with Crippen molar-refractivity contribution in [3.8, 4) is 5.75 Å². The van der Waals surface area contributed by atoms with Crippen molar-refractivity contribution in [2.75, 3.05) is 55.9 Å². The first kappa shape index (κ1) is 27.5. The Morgan fingerprint density at radius 1 is 1.05 bits per heavy atom. The lowest BCUT2D eigenvalue weighted by Gasteiger charge is -2.36. The van der Waals surface area contributed by atoms with Gasteiger partial charge in [0.2, 0.25) is 5.91 Å². The van der Waals surface area contributed by atoms with E-state index < -0.39 is 12.0 Å². The topological polar surface area (TPSA) is 88.3 Å². The molecule has 2 aliphatic heterocycles. The molecule has 2 heterocycles. The summed E-state index contributed by atoms with van der Waals surface area (Å²) in [5.74, 6) is 0.0749. The summed E-state index contributed by atoms with van der Waals surface area (Å²) in [7, 11) is 0. The Balaban J connectivity index is 1.20. The Labute approximate surface area is 228 Å². The summed E-state index contributed by atoms with van der Waals surface area (Å²) in [5, 5.41) is 1.21. The second kappa shape index (κ2) is 12.8. The molecule has 1 atom stereocenters. The van der Waals surface area contributed by atoms with E-state index in [1.165, 1.54) is 4.90 Å². The van der Waals surface area contributed by atoms with E-state index in [1.54, 1.807) is 6.92 Å². The summed E-state index contributed by atoms with van der Waals surface area (Å²) in [6.45, 7) is 6.80. The van der Waals surface area contributed by atoms with Crippen molar-refractivity contribution in [2.45, 2.75) is 38.6 Å². The number of rotatable bonds is 10. The molecule has 0 aliphatic carbocycles. The Morgan fingerprint density at radius 2 is 1.84 bits per heavy atom. The Kier molecular flexibility index (Phi) is 9.54. The van der Waals surface area contributed by atoms with E-state index in [0.29, 0.717) is 35.2 Å².